The average molecular weight is 540 g/mol. The van der Waals surface area contributed by atoms with E-state index in [4.69, 9.17) is 18.9 Å². The van der Waals surface area contributed by atoms with Gasteiger partial charge in [-0.1, -0.05) is 30.3 Å². The van der Waals surface area contributed by atoms with E-state index in [1.54, 1.807) is 32.0 Å². The van der Waals surface area contributed by atoms with Crippen LogP contribution in [0.3, 0.4) is 0 Å². The zero-order valence-corrected chi connectivity index (χ0v) is 21.8. The zero-order chi connectivity index (χ0) is 27.7. The summed E-state index contributed by atoms with van der Waals surface area (Å²) in [4.78, 5) is 13.5. The summed E-state index contributed by atoms with van der Waals surface area (Å²) in [7, 11) is 0. The summed E-state index contributed by atoms with van der Waals surface area (Å²) in [6, 6.07) is 10.7. The monoisotopic (exact) mass is 539 g/mol. The number of nitrogens with one attached hydrogen (secondary N) is 1. The van der Waals surface area contributed by atoms with Crippen LogP contribution < -0.4 is 5.32 Å². The molecule has 0 radical (unpaired) electrons. The van der Waals surface area contributed by atoms with E-state index in [0.29, 0.717) is 11.1 Å². The second kappa shape index (κ2) is 10.9. The van der Waals surface area contributed by atoms with Crippen molar-refractivity contribution in [3.63, 3.8) is 0 Å². The zero-order valence-electron chi connectivity index (χ0n) is 21.8. The Balaban J connectivity index is 1.59. The van der Waals surface area contributed by atoms with Crippen LogP contribution in [0.2, 0.25) is 0 Å². The summed E-state index contributed by atoms with van der Waals surface area (Å²) in [6.07, 6.45) is -5.96. The molecule has 2 aliphatic rings. The number of hydrogen-bond acceptors (Lipinski definition) is 5. The fourth-order valence-corrected chi connectivity index (χ4v) is 4.93. The maximum Gasteiger partial charge on any atom is 0.416 e. The van der Waals surface area contributed by atoms with Crippen molar-refractivity contribution in [2.24, 2.45) is 0 Å². The molecule has 1 amide bonds. The topological polar surface area (TPSA) is 66.0 Å². The summed E-state index contributed by atoms with van der Waals surface area (Å²) < 4.78 is 77.8. The molecule has 0 spiro atoms. The second-order valence-corrected chi connectivity index (χ2v) is 10.6. The number of benzene rings is 2. The van der Waals surface area contributed by atoms with Crippen LogP contribution in [0.5, 0.6) is 0 Å². The van der Waals surface area contributed by atoms with Gasteiger partial charge in [-0.25, -0.2) is 4.39 Å². The number of carbonyl (C=O) groups is 1. The van der Waals surface area contributed by atoms with Gasteiger partial charge in [-0.15, -0.1) is 0 Å². The number of rotatable bonds is 8. The molecular formula is C28H33F4NO5. The third kappa shape index (κ3) is 6.54. The molecule has 208 valence electrons. The lowest BCUT2D eigenvalue weighted by Gasteiger charge is -2.43. The molecule has 1 N–H and O–H groups in total. The number of amides is 1. The third-order valence-corrected chi connectivity index (χ3v) is 6.69. The van der Waals surface area contributed by atoms with Crippen molar-refractivity contribution in [1.29, 1.82) is 0 Å². The van der Waals surface area contributed by atoms with Crippen LogP contribution in [0.1, 0.15) is 57.2 Å². The van der Waals surface area contributed by atoms with Gasteiger partial charge in [0.2, 0.25) is 0 Å². The Hall–Kier alpha value is -2.53. The largest absolute Gasteiger partial charge is 0.416 e. The average Bonchev–Trinajstić information content (AvgIpc) is 3.15. The minimum absolute atomic E-state index is 0.00892. The molecule has 1 aliphatic heterocycles. The van der Waals surface area contributed by atoms with Crippen molar-refractivity contribution in [2.45, 2.75) is 95.7 Å². The smallest absolute Gasteiger partial charge is 0.371 e. The van der Waals surface area contributed by atoms with Gasteiger partial charge in [-0.2, -0.15) is 13.2 Å². The van der Waals surface area contributed by atoms with Crippen LogP contribution in [0.25, 0.3) is 0 Å². The Kier molecular flexibility index (Phi) is 8.18. The Labute approximate surface area is 219 Å². The van der Waals surface area contributed by atoms with Gasteiger partial charge in [-0.05, 0) is 51.5 Å². The van der Waals surface area contributed by atoms with Crippen LogP contribution in [-0.2, 0) is 43.1 Å². The number of hydrogen-bond donors (Lipinski definition) is 1. The van der Waals surface area contributed by atoms with Gasteiger partial charge >= 0.3 is 6.18 Å². The minimum atomic E-state index is -4.43. The van der Waals surface area contributed by atoms with E-state index in [0.717, 1.165) is 12.1 Å². The molecule has 1 saturated carbocycles. The first-order chi connectivity index (χ1) is 17.8. The lowest BCUT2D eigenvalue weighted by molar-refractivity contribution is -0.184. The fourth-order valence-electron chi connectivity index (χ4n) is 4.93. The van der Waals surface area contributed by atoms with Crippen LogP contribution in [0.15, 0.2) is 48.5 Å². The first-order valence-corrected chi connectivity index (χ1v) is 12.6. The van der Waals surface area contributed by atoms with E-state index in [-0.39, 0.29) is 38.0 Å². The highest BCUT2D eigenvalue weighted by Crippen LogP contribution is 2.44. The molecule has 1 aliphatic carbocycles. The van der Waals surface area contributed by atoms with E-state index in [9.17, 15) is 22.4 Å². The maximum atomic E-state index is 14.4. The number of alkyl halides is 3. The standard InChI is InChI=1S/C28H33F4NO5/c1-17(2)33-25(34)27(36-16-19-7-5-6-8-21(19)29)13-22(24-23(14-27)37-26(3,4)38-24)35-15-18-9-11-20(12-10-18)28(30,31)32/h5-12,17,22-24H,13-16H2,1-4H3,(H,33,34)/t22-,23-,24+,27-/m1/s1. The van der Waals surface area contributed by atoms with Crippen molar-refractivity contribution >= 4 is 5.91 Å². The van der Waals surface area contributed by atoms with E-state index < -0.39 is 47.3 Å². The molecule has 6 nitrogen and oxygen atoms in total. The maximum absolute atomic E-state index is 14.4. The van der Waals surface area contributed by atoms with Gasteiger partial charge in [0.05, 0.1) is 31.0 Å². The van der Waals surface area contributed by atoms with Crippen molar-refractivity contribution in [1.82, 2.24) is 5.32 Å². The molecule has 0 aromatic heterocycles. The van der Waals surface area contributed by atoms with E-state index >= 15 is 0 Å². The predicted octanol–water partition coefficient (Wildman–Crippen LogP) is 5.52. The lowest BCUT2D eigenvalue weighted by atomic mass is 9.78. The quantitative estimate of drug-likeness (QED) is 0.448. The van der Waals surface area contributed by atoms with Crippen LogP contribution in [0.4, 0.5) is 17.6 Å². The number of halogens is 4. The molecule has 4 rings (SSSR count). The summed E-state index contributed by atoms with van der Waals surface area (Å²) in [5.41, 5.74) is -1.33. The Morgan fingerprint density at radius 1 is 1.05 bits per heavy atom. The van der Waals surface area contributed by atoms with Crippen molar-refractivity contribution in [3.05, 3.63) is 71.0 Å². The molecule has 4 atom stereocenters. The molecule has 2 aromatic carbocycles. The van der Waals surface area contributed by atoms with Gasteiger partial charge in [0, 0.05) is 24.4 Å². The molecule has 10 heteroatoms. The number of fused-ring (bicyclic) bond motifs is 1. The summed E-state index contributed by atoms with van der Waals surface area (Å²) in [6.45, 7) is 7.01. The van der Waals surface area contributed by atoms with Crippen molar-refractivity contribution < 1.29 is 41.3 Å². The van der Waals surface area contributed by atoms with Crippen LogP contribution in [-0.4, -0.2) is 41.6 Å². The van der Waals surface area contributed by atoms with E-state index in [1.807, 2.05) is 13.8 Å². The van der Waals surface area contributed by atoms with Crippen LogP contribution in [0, 0.1) is 5.82 Å². The summed E-state index contributed by atoms with van der Waals surface area (Å²) in [5.74, 6) is -1.77. The normalized spacial score (nSPS) is 26.8. The van der Waals surface area contributed by atoms with Gasteiger partial charge in [0.25, 0.3) is 5.91 Å². The van der Waals surface area contributed by atoms with Crippen molar-refractivity contribution in [3.8, 4) is 0 Å². The molecule has 2 fully saturated rings. The Bertz CT molecular complexity index is 1120. The van der Waals surface area contributed by atoms with Gasteiger partial charge in [0.15, 0.2) is 11.4 Å². The Morgan fingerprint density at radius 2 is 1.74 bits per heavy atom. The number of ether oxygens (including phenoxy) is 4. The van der Waals surface area contributed by atoms with E-state index in [1.165, 1.54) is 18.2 Å². The van der Waals surface area contributed by atoms with E-state index in [2.05, 4.69) is 5.32 Å². The molecule has 0 unspecified atom stereocenters. The highest BCUT2D eigenvalue weighted by molar-refractivity contribution is 5.85. The first-order valence-electron chi connectivity index (χ1n) is 12.6. The van der Waals surface area contributed by atoms with Gasteiger partial charge in [-0.3, -0.25) is 4.79 Å². The molecule has 1 heterocycles. The molecule has 1 saturated heterocycles. The Morgan fingerprint density at radius 3 is 2.37 bits per heavy atom. The lowest BCUT2D eigenvalue weighted by Crippen LogP contribution is -2.60. The molecule has 0 bridgehead atoms. The molecular weight excluding hydrogens is 506 g/mol. The molecule has 2 aromatic rings. The van der Waals surface area contributed by atoms with Crippen molar-refractivity contribution in [2.75, 3.05) is 0 Å². The summed E-state index contributed by atoms with van der Waals surface area (Å²) >= 11 is 0. The highest BCUT2D eigenvalue weighted by atomic mass is 19.4. The predicted molar refractivity (Wildman–Crippen MR) is 130 cm³/mol. The van der Waals surface area contributed by atoms with Crippen LogP contribution >= 0.6 is 0 Å². The van der Waals surface area contributed by atoms with Gasteiger partial charge in [0.1, 0.15) is 11.9 Å². The SMILES string of the molecule is CC(C)NC(=O)[C@@]1(OCc2ccccc2F)C[C@@H](OCc2ccc(C(F)(F)F)cc2)[C@@H]2OC(C)(C)O[C@@H]2C1. The third-order valence-electron chi connectivity index (χ3n) is 6.69. The summed E-state index contributed by atoms with van der Waals surface area (Å²) in [5, 5.41) is 2.90. The fraction of sp³-hybridized carbons (Fsp3) is 0.536. The minimum Gasteiger partial charge on any atom is -0.371 e. The molecule has 38 heavy (non-hydrogen) atoms. The first kappa shape index (κ1) is 28.5. The highest BCUT2D eigenvalue weighted by Gasteiger charge is 2.58. The number of carbonyl (C=O) groups excluding carboxylic acids is 1. The van der Waals surface area contributed by atoms with Gasteiger partial charge < -0.3 is 24.3 Å². The second-order valence-electron chi connectivity index (χ2n) is 10.6.